The van der Waals surface area contributed by atoms with Crippen LogP contribution in [0.3, 0.4) is 0 Å². The quantitative estimate of drug-likeness (QED) is 0.570. The number of nitrogens with two attached hydrogens (primary N) is 1. The third kappa shape index (κ3) is 0.943. The van der Waals surface area contributed by atoms with Crippen LogP contribution in [0, 0.1) is 11.8 Å². The van der Waals surface area contributed by atoms with E-state index in [1.807, 2.05) is 6.08 Å². The van der Waals surface area contributed by atoms with Gasteiger partial charge in [-0.05, 0) is 31.1 Å². The monoisotopic (exact) mass is 151 g/mol. The molecule has 3 unspecified atom stereocenters. The molecule has 2 aliphatic carbocycles. The van der Waals surface area contributed by atoms with Gasteiger partial charge in [0.1, 0.15) is 0 Å². The van der Waals surface area contributed by atoms with Gasteiger partial charge in [-0.3, -0.25) is 0 Å². The SMILES string of the molecule is C=CC1(N)CCC2CCCC21. The van der Waals surface area contributed by atoms with Crippen molar-refractivity contribution in [3.8, 4) is 0 Å². The Morgan fingerprint density at radius 3 is 2.91 bits per heavy atom. The van der Waals surface area contributed by atoms with Crippen LogP contribution in [-0.2, 0) is 0 Å². The van der Waals surface area contributed by atoms with Crippen LogP contribution in [0.4, 0.5) is 0 Å². The highest BCUT2D eigenvalue weighted by molar-refractivity contribution is 5.12. The Kier molecular flexibility index (Phi) is 1.57. The van der Waals surface area contributed by atoms with Crippen molar-refractivity contribution in [2.75, 3.05) is 0 Å². The Morgan fingerprint density at radius 1 is 1.36 bits per heavy atom. The first-order valence-corrected chi connectivity index (χ1v) is 4.69. The zero-order valence-corrected chi connectivity index (χ0v) is 7.05. The molecule has 0 aromatic rings. The normalized spacial score (nSPS) is 49.2. The highest BCUT2D eigenvalue weighted by Gasteiger charge is 2.45. The molecular weight excluding hydrogens is 134 g/mol. The van der Waals surface area contributed by atoms with Crippen LogP contribution in [-0.4, -0.2) is 5.54 Å². The van der Waals surface area contributed by atoms with E-state index in [9.17, 15) is 0 Å². The summed E-state index contributed by atoms with van der Waals surface area (Å²) in [6.45, 7) is 3.85. The molecule has 11 heavy (non-hydrogen) atoms. The molecule has 0 bridgehead atoms. The van der Waals surface area contributed by atoms with Gasteiger partial charge < -0.3 is 5.73 Å². The van der Waals surface area contributed by atoms with Crippen molar-refractivity contribution in [1.29, 1.82) is 0 Å². The molecule has 0 aromatic carbocycles. The Morgan fingerprint density at radius 2 is 2.18 bits per heavy atom. The van der Waals surface area contributed by atoms with Crippen LogP contribution in [0.5, 0.6) is 0 Å². The zero-order chi connectivity index (χ0) is 7.90. The molecular formula is C10H17N. The molecule has 62 valence electrons. The van der Waals surface area contributed by atoms with Gasteiger partial charge in [-0.1, -0.05) is 18.9 Å². The van der Waals surface area contributed by atoms with Crippen molar-refractivity contribution in [3.63, 3.8) is 0 Å². The van der Waals surface area contributed by atoms with Gasteiger partial charge in [0.05, 0.1) is 0 Å². The van der Waals surface area contributed by atoms with Crippen LogP contribution in [0.2, 0.25) is 0 Å². The summed E-state index contributed by atoms with van der Waals surface area (Å²) in [7, 11) is 0. The van der Waals surface area contributed by atoms with E-state index in [0.717, 1.165) is 11.8 Å². The summed E-state index contributed by atoms with van der Waals surface area (Å²) in [5.41, 5.74) is 6.23. The Hall–Kier alpha value is -0.300. The second-order valence-electron chi connectivity index (χ2n) is 4.15. The first-order valence-electron chi connectivity index (χ1n) is 4.69. The fraction of sp³-hybridized carbons (Fsp3) is 0.800. The van der Waals surface area contributed by atoms with Gasteiger partial charge >= 0.3 is 0 Å². The van der Waals surface area contributed by atoms with Crippen LogP contribution < -0.4 is 5.73 Å². The van der Waals surface area contributed by atoms with Gasteiger partial charge in [0.15, 0.2) is 0 Å². The topological polar surface area (TPSA) is 26.0 Å². The van der Waals surface area contributed by atoms with Gasteiger partial charge in [0.25, 0.3) is 0 Å². The van der Waals surface area contributed by atoms with Crippen LogP contribution in [0.1, 0.15) is 32.1 Å². The summed E-state index contributed by atoms with van der Waals surface area (Å²) in [6.07, 6.45) is 8.65. The number of hydrogen-bond acceptors (Lipinski definition) is 1. The molecule has 1 nitrogen and oxygen atoms in total. The molecule has 1 heteroatoms. The minimum absolute atomic E-state index is 0.00116. The number of hydrogen-bond donors (Lipinski definition) is 1. The summed E-state index contributed by atoms with van der Waals surface area (Å²) in [5, 5.41) is 0. The maximum absolute atomic E-state index is 6.23. The molecule has 0 spiro atoms. The van der Waals surface area contributed by atoms with E-state index < -0.39 is 0 Å². The Balaban J connectivity index is 2.20. The number of rotatable bonds is 1. The van der Waals surface area contributed by atoms with Gasteiger partial charge in [-0.15, -0.1) is 6.58 Å². The number of fused-ring (bicyclic) bond motifs is 1. The van der Waals surface area contributed by atoms with Crippen molar-refractivity contribution in [3.05, 3.63) is 12.7 Å². The third-order valence-electron chi connectivity index (χ3n) is 3.68. The van der Waals surface area contributed by atoms with Crippen molar-refractivity contribution in [2.45, 2.75) is 37.6 Å². The Bertz CT molecular complexity index is 176. The summed E-state index contributed by atoms with van der Waals surface area (Å²) >= 11 is 0. The molecule has 0 radical (unpaired) electrons. The van der Waals surface area contributed by atoms with E-state index in [0.29, 0.717) is 0 Å². The van der Waals surface area contributed by atoms with Gasteiger partial charge in [-0.25, -0.2) is 0 Å². The highest BCUT2D eigenvalue weighted by Crippen LogP contribution is 2.48. The minimum atomic E-state index is 0.00116. The van der Waals surface area contributed by atoms with E-state index in [-0.39, 0.29) is 5.54 Å². The molecule has 2 N–H and O–H groups in total. The predicted octanol–water partition coefficient (Wildman–Crippen LogP) is 2.08. The summed E-state index contributed by atoms with van der Waals surface area (Å²) in [5.74, 6) is 1.69. The average Bonchev–Trinajstić information content (AvgIpc) is 2.55. The smallest absolute Gasteiger partial charge is 0.0367 e. The summed E-state index contributed by atoms with van der Waals surface area (Å²) < 4.78 is 0. The largest absolute Gasteiger partial charge is 0.322 e. The third-order valence-corrected chi connectivity index (χ3v) is 3.68. The van der Waals surface area contributed by atoms with Crippen LogP contribution >= 0.6 is 0 Å². The second kappa shape index (κ2) is 2.34. The predicted molar refractivity (Wildman–Crippen MR) is 47.2 cm³/mol. The fourth-order valence-electron chi connectivity index (χ4n) is 2.96. The van der Waals surface area contributed by atoms with Crippen molar-refractivity contribution in [2.24, 2.45) is 17.6 Å². The van der Waals surface area contributed by atoms with Crippen molar-refractivity contribution < 1.29 is 0 Å². The molecule has 0 heterocycles. The van der Waals surface area contributed by atoms with E-state index >= 15 is 0 Å². The standard InChI is InChI=1S/C10H17N/c1-2-10(11)7-6-8-4-3-5-9(8)10/h2,8-9H,1,3-7,11H2. The van der Waals surface area contributed by atoms with E-state index in [2.05, 4.69) is 6.58 Å². The lowest BCUT2D eigenvalue weighted by Gasteiger charge is -2.26. The van der Waals surface area contributed by atoms with E-state index in [1.165, 1.54) is 32.1 Å². The molecule has 2 aliphatic rings. The lowest BCUT2D eigenvalue weighted by Crippen LogP contribution is -2.41. The van der Waals surface area contributed by atoms with Crippen LogP contribution in [0.25, 0.3) is 0 Å². The van der Waals surface area contributed by atoms with Crippen molar-refractivity contribution in [1.82, 2.24) is 0 Å². The molecule has 2 rings (SSSR count). The second-order valence-corrected chi connectivity index (χ2v) is 4.15. The van der Waals surface area contributed by atoms with Gasteiger partial charge in [0.2, 0.25) is 0 Å². The van der Waals surface area contributed by atoms with Crippen LogP contribution in [0.15, 0.2) is 12.7 Å². The van der Waals surface area contributed by atoms with Gasteiger partial charge in [-0.2, -0.15) is 0 Å². The first-order chi connectivity index (χ1) is 5.26. The molecule has 0 saturated heterocycles. The minimum Gasteiger partial charge on any atom is -0.322 e. The lowest BCUT2D eigenvalue weighted by atomic mass is 9.85. The molecule has 2 saturated carbocycles. The molecule has 2 fully saturated rings. The maximum Gasteiger partial charge on any atom is 0.0367 e. The highest BCUT2D eigenvalue weighted by atomic mass is 14.8. The summed E-state index contributed by atoms with van der Waals surface area (Å²) in [4.78, 5) is 0. The molecule has 0 aliphatic heterocycles. The zero-order valence-electron chi connectivity index (χ0n) is 7.05. The lowest BCUT2D eigenvalue weighted by molar-refractivity contribution is 0.353. The maximum atomic E-state index is 6.23. The van der Waals surface area contributed by atoms with E-state index in [1.54, 1.807) is 0 Å². The summed E-state index contributed by atoms with van der Waals surface area (Å²) in [6, 6.07) is 0. The average molecular weight is 151 g/mol. The Labute approximate surface area is 68.7 Å². The fourth-order valence-corrected chi connectivity index (χ4v) is 2.96. The molecule has 0 aromatic heterocycles. The first kappa shape index (κ1) is 7.35. The van der Waals surface area contributed by atoms with Crippen molar-refractivity contribution >= 4 is 0 Å². The molecule has 3 atom stereocenters. The molecule has 0 amide bonds. The van der Waals surface area contributed by atoms with E-state index in [4.69, 9.17) is 5.73 Å². The van der Waals surface area contributed by atoms with Gasteiger partial charge in [0, 0.05) is 5.54 Å².